The van der Waals surface area contributed by atoms with Gasteiger partial charge in [-0.05, 0) is 57.6 Å². The second-order valence-corrected chi connectivity index (χ2v) is 8.91. The Balaban J connectivity index is 1.53. The Bertz CT molecular complexity index is 1090. The van der Waals surface area contributed by atoms with Crippen LogP contribution in [-0.4, -0.2) is 80.1 Å². The number of hydrazine groups is 1. The number of piperidine rings is 1. The van der Waals surface area contributed by atoms with Crippen LogP contribution in [0.2, 0.25) is 0 Å². The van der Waals surface area contributed by atoms with Crippen molar-refractivity contribution in [1.29, 1.82) is 0 Å². The number of hydrogen-bond donors (Lipinski definition) is 3. The number of aromatic nitrogens is 2. The van der Waals surface area contributed by atoms with Gasteiger partial charge in [0.1, 0.15) is 17.5 Å². The summed E-state index contributed by atoms with van der Waals surface area (Å²) in [5.74, 6) is 1.33. The van der Waals surface area contributed by atoms with Gasteiger partial charge in [0.05, 0.1) is 19.0 Å². The van der Waals surface area contributed by atoms with E-state index in [-0.39, 0.29) is 23.9 Å². The highest BCUT2D eigenvalue weighted by atomic mass is 16.5. The van der Waals surface area contributed by atoms with E-state index < -0.39 is 0 Å². The number of hydrogen-bond acceptors (Lipinski definition) is 9. The van der Waals surface area contributed by atoms with Crippen LogP contribution in [0.5, 0.6) is 5.75 Å². The zero-order valence-corrected chi connectivity index (χ0v) is 21.0. The smallest absolute Gasteiger partial charge is 0.251 e. The molecule has 1 saturated heterocycles. The van der Waals surface area contributed by atoms with Crippen LogP contribution in [0.15, 0.2) is 24.4 Å². The summed E-state index contributed by atoms with van der Waals surface area (Å²) in [6, 6.07) is 5.07. The fourth-order valence-electron chi connectivity index (χ4n) is 4.54. The number of ether oxygens (including phenoxy) is 1. The lowest BCUT2D eigenvalue weighted by atomic mass is 10.0. The molecule has 0 bridgehead atoms. The second kappa shape index (κ2) is 10.4. The summed E-state index contributed by atoms with van der Waals surface area (Å²) in [5, 5.41) is 8.08. The van der Waals surface area contributed by atoms with Gasteiger partial charge in [-0.25, -0.2) is 10.4 Å². The van der Waals surface area contributed by atoms with Gasteiger partial charge >= 0.3 is 0 Å². The summed E-state index contributed by atoms with van der Waals surface area (Å²) >= 11 is 0. The van der Waals surface area contributed by atoms with Crippen molar-refractivity contribution in [2.75, 3.05) is 56.6 Å². The molecular weight excluding hydrogens is 448 g/mol. The highest BCUT2D eigenvalue weighted by molar-refractivity contribution is 6.04. The van der Waals surface area contributed by atoms with Gasteiger partial charge in [-0.1, -0.05) is 6.92 Å². The molecule has 1 aromatic heterocycles. The van der Waals surface area contributed by atoms with Crippen LogP contribution in [0.3, 0.4) is 0 Å². The molecule has 2 aliphatic heterocycles. The van der Waals surface area contributed by atoms with Crippen molar-refractivity contribution in [1.82, 2.24) is 25.6 Å². The van der Waals surface area contributed by atoms with Crippen LogP contribution in [0.25, 0.3) is 0 Å². The number of rotatable bonds is 7. The van der Waals surface area contributed by atoms with E-state index in [1.807, 2.05) is 6.92 Å². The average molecular weight is 483 g/mol. The largest absolute Gasteiger partial charge is 0.495 e. The summed E-state index contributed by atoms with van der Waals surface area (Å²) < 4.78 is 5.55. The van der Waals surface area contributed by atoms with Gasteiger partial charge in [0.25, 0.3) is 11.8 Å². The monoisotopic (exact) mass is 482 g/mol. The molecule has 0 radical (unpaired) electrons. The van der Waals surface area contributed by atoms with Crippen LogP contribution in [0.1, 0.15) is 36.5 Å². The minimum atomic E-state index is -0.364. The van der Waals surface area contributed by atoms with Crippen molar-refractivity contribution < 1.29 is 14.3 Å². The minimum Gasteiger partial charge on any atom is -0.495 e. The fraction of sp³-hybridized carbons (Fsp3) is 0.500. The van der Waals surface area contributed by atoms with Gasteiger partial charge in [-0.15, -0.1) is 0 Å². The van der Waals surface area contributed by atoms with Crippen LogP contribution < -0.4 is 30.7 Å². The highest BCUT2D eigenvalue weighted by Crippen LogP contribution is 2.35. The number of carbonyl (C=O) groups is 2. The van der Waals surface area contributed by atoms with E-state index in [9.17, 15) is 9.59 Å². The molecule has 4 rings (SSSR count). The number of amides is 2. The van der Waals surface area contributed by atoms with Gasteiger partial charge in [0, 0.05) is 25.7 Å². The minimum absolute atomic E-state index is 0.0190. The Hall–Kier alpha value is -3.44. The van der Waals surface area contributed by atoms with Crippen LogP contribution >= 0.6 is 0 Å². The van der Waals surface area contributed by atoms with E-state index >= 15 is 0 Å². The van der Waals surface area contributed by atoms with Crippen LogP contribution in [0, 0.1) is 0 Å². The molecule has 2 amide bonds. The van der Waals surface area contributed by atoms with E-state index in [0.29, 0.717) is 40.9 Å². The summed E-state index contributed by atoms with van der Waals surface area (Å²) in [7, 11) is 7.14. The Morgan fingerprint density at radius 2 is 1.97 bits per heavy atom. The third-order valence-electron chi connectivity index (χ3n) is 6.66. The van der Waals surface area contributed by atoms with Crippen molar-refractivity contribution in [2.24, 2.45) is 0 Å². The Morgan fingerprint density at radius 1 is 1.23 bits per heavy atom. The Morgan fingerprint density at radius 3 is 2.63 bits per heavy atom. The standard InChI is InChI=1S/C24H34N8O3/c1-6-18-23(34)31(4)19-14-26-24(29-21(19)32(18)25-2)28-17-8-7-15(13-20(17)35-5)22(33)27-16-9-11-30(3)12-10-16/h7-8,13-14,16,18,25H,6,9-12H2,1-5H3,(H,27,33)(H,26,28,29). The molecule has 3 heterocycles. The van der Waals surface area contributed by atoms with Crippen molar-refractivity contribution in [3.05, 3.63) is 30.0 Å². The quantitative estimate of drug-likeness (QED) is 0.543. The van der Waals surface area contributed by atoms with Crippen molar-refractivity contribution in [3.8, 4) is 5.75 Å². The Kier molecular flexibility index (Phi) is 7.37. The van der Waals surface area contributed by atoms with Crippen LogP contribution in [-0.2, 0) is 4.79 Å². The molecule has 0 saturated carbocycles. The number of benzene rings is 1. The van der Waals surface area contributed by atoms with Gasteiger partial charge < -0.3 is 25.2 Å². The van der Waals surface area contributed by atoms with E-state index in [1.54, 1.807) is 55.5 Å². The van der Waals surface area contributed by atoms with Gasteiger partial charge in [-0.3, -0.25) is 14.6 Å². The molecule has 2 aromatic rings. The number of carbonyl (C=O) groups excluding carboxylic acids is 2. The first-order valence-corrected chi connectivity index (χ1v) is 11.9. The predicted molar refractivity (Wildman–Crippen MR) is 135 cm³/mol. The maximum Gasteiger partial charge on any atom is 0.251 e. The van der Waals surface area contributed by atoms with Crippen molar-refractivity contribution in [2.45, 2.75) is 38.3 Å². The van der Waals surface area contributed by atoms with E-state index in [4.69, 9.17) is 4.74 Å². The number of fused-ring (bicyclic) bond motifs is 1. The van der Waals surface area contributed by atoms with E-state index in [1.165, 1.54) is 0 Å². The molecule has 188 valence electrons. The molecular formula is C24H34N8O3. The first-order valence-electron chi connectivity index (χ1n) is 11.9. The van der Waals surface area contributed by atoms with Gasteiger partial charge in [0.2, 0.25) is 5.95 Å². The maximum absolute atomic E-state index is 12.8. The molecule has 1 atom stereocenters. The summed E-state index contributed by atoms with van der Waals surface area (Å²) in [6.07, 6.45) is 4.13. The molecule has 0 spiro atoms. The molecule has 35 heavy (non-hydrogen) atoms. The third kappa shape index (κ3) is 5.01. The molecule has 3 N–H and O–H groups in total. The molecule has 1 unspecified atom stereocenters. The summed E-state index contributed by atoms with van der Waals surface area (Å²) in [5.41, 5.74) is 4.86. The zero-order chi connectivity index (χ0) is 25.1. The number of methoxy groups -OCH3 is 1. The molecule has 11 nitrogen and oxygen atoms in total. The molecule has 2 aliphatic rings. The maximum atomic E-state index is 12.8. The Labute approximate surface area is 205 Å². The number of nitrogens with zero attached hydrogens (tertiary/aromatic N) is 5. The SMILES string of the molecule is CCC1C(=O)N(C)c2cnc(Nc3ccc(C(=O)NC4CCN(C)CC4)cc3OC)nc2N1NC. The topological polar surface area (TPSA) is 115 Å². The normalized spacial score (nSPS) is 18.9. The van der Waals surface area contributed by atoms with Crippen molar-refractivity contribution >= 4 is 35.0 Å². The lowest BCUT2D eigenvalue weighted by Crippen LogP contribution is -2.56. The first kappa shape index (κ1) is 24.7. The number of likely N-dealkylation sites (tertiary alicyclic amines) is 1. The van der Waals surface area contributed by atoms with Gasteiger partial charge in [-0.2, -0.15) is 4.98 Å². The zero-order valence-electron chi connectivity index (χ0n) is 21.0. The number of anilines is 4. The van der Waals surface area contributed by atoms with E-state index in [2.05, 4.69) is 38.0 Å². The lowest BCUT2D eigenvalue weighted by molar-refractivity contribution is -0.120. The van der Waals surface area contributed by atoms with Crippen LogP contribution in [0.4, 0.5) is 23.1 Å². The molecule has 1 fully saturated rings. The first-order chi connectivity index (χ1) is 16.9. The van der Waals surface area contributed by atoms with Crippen molar-refractivity contribution in [3.63, 3.8) is 0 Å². The molecule has 0 aliphatic carbocycles. The van der Waals surface area contributed by atoms with Gasteiger partial charge in [0.15, 0.2) is 5.82 Å². The number of likely N-dealkylation sites (N-methyl/N-ethyl adjacent to an activating group) is 1. The van der Waals surface area contributed by atoms with E-state index in [0.717, 1.165) is 25.9 Å². The second-order valence-electron chi connectivity index (χ2n) is 8.91. The fourth-order valence-corrected chi connectivity index (χ4v) is 4.54. The summed E-state index contributed by atoms with van der Waals surface area (Å²) in [6.45, 7) is 3.92. The number of nitrogens with one attached hydrogen (secondary N) is 3. The average Bonchev–Trinajstić information content (AvgIpc) is 2.87. The predicted octanol–water partition coefficient (Wildman–Crippen LogP) is 1.75. The molecule has 11 heteroatoms. The third-order valence-corrected chi connectivity index (χ3v) is 6.66. The molecule has 1 aromatic carbocycles. The summed E-state index contributed by atoms with van der Waals surface area (Å²) in [4.78, 5) is 38.4. The lowest BCUT2D eigenvalue weighted by Gasteiger charge is -2.39. The highest BCUT2D eigenvalue weighted by Gasteiger charge is 2.36.